The van der Waals surface area contributed by atoms with Gasteiger partial charge in [-0.15, -0.1) is 0 Å². The van der Waals surface area contributed by atoms with Gasteiger partial charge in [0.05, 0.1) is 6.10 Å². The molecule has 0 saturated carbocycles. The topological polar surface area (TPSA) is 111 Å². The minimum absolute atomic E-state index is 0.102. The molecule has 0 amide bonds. The average Bonchev–Trinajstić information content (AvgIpc) is 2.57. The zero-order chi connectivity index (χ0) is 12.6. The van der Waals surface area contributed by atoms with E-state index in [9.17, 15) is 15.0 Å². The van der Waals surface area contributed by atoms with Crippen LogP contribution in [0.25, 0.3) is 0 Å². The first-order chi connectivity index (χ1) is 8.04. The number of anilines is 1. The van der Waals surface area contributed by atoms with Crippen molar-refractivity contribution in [2.24, 2.45) is 0 Å². The molecule has 0 aliphatic carbocycles. The highest BCUT2D eigenvalue weighted by atomic mass is 127. The second-order valence-corrected chi connectivity index (χ2v) is 4.62. The van der Waals surface area contributed by atoms with Gasteiger partial charge in [0.2, 0.25) is 0 Å². The number of rotatable bonds is 2. The number of alkyl halides is 1. The minimum Gasteiger partial charge on any atom is -0.387 e. The Bertz CT molecular complexity index is 466. The third-order valence-corrected chi connectivity index (χ3v) is 3.48. The molecule has 0 spiro atoms. The van der Waals surface area contributed by atoms with Gasteiger partial charge in [-0.05, 0) is 6.07 Å². The number of hydrogen-bond acceptors (Lipinski definition) is 6. The highest BCUT2D eigenvalue weighted by molar-refractivity contribution is 14.1. The maximum absolute atomic E-state index is 11.6. The van der Waals surface area contributed by atoms with Crippen LogP contribution in [0.1, 0.15) is 6.23 Å². The molecular weight excluding hydrogens is 341 g/mol. The highest BCUT2D eigenvalue weighted by Crippen LogP contribution is 2.29. The van der Waals surface area contributed by atoms with Crippen LogP contribution in [-0.2, 0) is 4.74 Å². The molecule has 4 N–H and O–H groups in total. The van der Waals surface area contributed by atoms with Gasteiger partial charge in [0.1, 0.15) is 18.0 Å². The lowest BCUT2D eigenvalue weighted by Gasteiger charge is -2.16. The Balaban J connectivity index is 2.32. The summed E-state index contributed by atoms with van der Waals surface area (Å²) in [5.41, 5.74) is 4.75. The number of halogens is 1. The summed E-state index contributed by atoms with van der Waals surface area (Å²) in [5, 5.41) is 19.5. The standard InChI is InChI=1S/C9H12IN3O4/c10-3-4-6(14)7(15)8(17-4)13-2-1-5(11)12-9(13)16/h1-2,4,6-8,14-15H,3H2,(H2,11,12,16). The quantitative estimate of drug-likeness (QED) is 0.459. The molecule has 0 aromatic carbocycles. The molecule has 7 nitrogen and oxygen atoms in total. The summed E-state index contributed by atoms with van der Waals surface area (Å²) >= 11 is 2.04. The molecule has 1 saturated heterocycles. The van der Waals surface area contributed by atoms with Crippen molar-refractivity contribution in [3.05, 3.63) is 22.7 Å². The summed E-state index contributed by atoms with van der Waals surface area (Å²) in [7, 11) is 0. The SMILES string of the molecule is Nc1ccn(C2OC(CI)C(O)C2O)c(=O)n1. The fourth-order valence-electron chi connectivity index (χ4n) is 1.71. The Morgan fingerprint density at radius 3 is 2.76 bits per heavy atom. The van der Waals surface area contributed by atoms with Crippen molar-refractivity contribution >= 4 is 28.4 Å². The molecule has 0 radical (unpaired) electrons. The lowest BCUT2D eigenvalue weighted by molar-refractivity contribution is -0.0333. The van der Waals surface area contributed by atoms with Crippen LogP contribution in [0.3, 0.4) is 0 Å². The van der Waals surface area contributed by atoms with Crippen LogP contribution >= 0.6 is 22.6 Å². The number of nitrogens with two attached hydrogens (primary N) is 1. The fourth-order valence-corrected chi connectivity index (χ4v) is 2.43. The number of hydrogen-bond donors (Lipinski definition) is 3. The van der Waals surface area contributed by atoms with E-state index in [0.717, 1.165) is 4.57 Å². The van der Waals surface area contributed by atoms with Gasteiger partial charge in [-0.25, -0.2) is 4.79 Å². The van der Waals surface area contributed by atoms with Crippen molar-refractivity contribution < 1.29 is 14.9 Å². The lowest BCUT2D eigenvalue weighted by Crippen LogP contribution is -2.35. The molecule has 1 fully saturated rings. The lowest BCUT2D eigenvalue weighted by atomic mass is 10.1. The molecule has 1 aliphatic heterocycles. The van der Waals surface area contributed by atoms with Crippen LogP contribution in [0.5, 0.6) is 0 Å². The molecule has 4 unspecified atom stereocenters. The summed E-state index contributed by atoms with van der Waals surface area (Å²) < 4.78 is 7.06. The highest BCUT2D eigenvalue weighted by Gasteiger charge is 2.43. The van der Waals surface area contributed by atoms with Crippen LogP contribution in [0.15, 0.2) is 17.1 Å². The largest absolute Gasteiger partial charge is 0.387 e. The van der Waals surface area contributed by atoms with Crippen molar-refractivity contribution in [2.45, 2.75) is 24.5 Å². The van der Waals surface area contributed by atoms with Crippen LogP contribution < -0.4 is 11.4 Å². The van der Waals surface area contributed by atoms with E-state index in [4.69, 9.17) is 10.5 Å². The fraction of sp³-hybridized carbons (Fsp3) is 0.556. The summed E-state index contributed by atoms with van der Waals surface area (Å²) in [5.74, 6) is 0.102. The van der Waals surface area contributed by atoms with Crippen molar-refractivity contribution in [1.82, 2.24) is 9.55 Å². The molecule has 1 aromatic heterocycles. The molecule has 1 aromatic rings. The molecule has 1 aliphatic rings. The first-order valence-corrected chi connectivity index (χ1v) is 6.49. The number of nitrogen functional groups attached to an aromatic ring is 1. The van der Waals surface area contributed by atoms with Crippen molar-refractivity contribution in [2.75, 3.05) is 10.2 Å². The van der Waals surface area contributed by atoms with E-state index in [0.29, 0.717) is 4.43 Å². The van der Waals surface area contributed by atoms with Crippen molar-refractivity contribution in [3.63, 3.8) is 0 Å². The van der Waals surface area contributed by atoms with Crippen molar-refractivity contribution in [1.29, 1.82) is 0 Å². The molecule has 94 valence electrons. The minimum atomic E-state index is -1.15. The summed E-state index contributed by atoms with van der Waals surface area (Å²) in [6.07, 6.45) is -2.20. The number of aliphatic hydroxyl groups excluding tert-OH is 2. The third-order valence-electron chi connectivity index (χ3n) is 2.61. The van der Waals surface area contributed by atoms with Crippen molar-refractivity contribution in [3.8, 4) is 0 Å². The maximum atomic E-state index is 11.6. The molecule has 17 heavy (non-hydrogen) atoms. The Morgan fingerprint density at radius 2 is 2.24 bits per heavy atom. The van der Waals surface area contributed by atoms with Gasteiger partial charge < -0.3 is 20.7 Å². The Hall–Kier alpha value is -0.710. The first kappa shape index (κ1) is 12.7. The second kappa shape index (κ2) is 4.88. The van der Waals surface area contributed by atoms with E-state index in [2.05, 4.69) is 4.98 Å². The van der Waals surface area contributed by atoms with Gasteiger partial charge in [0.15, 0.2) is 6.23 Å². The predicted octanol–water partition coefficient (Wildman–Crippen LogP) is -1.12. The zero-order valence-corrected chi connectivity index (χ0v) is 10.9. The van der Waals surface area contributed by atoms with Gasteiger partial charge in [-0.3, -0.25) is 4.57 Å². The Labute approximate surface area is 110 Å². The van der Waals surface area contributed by atoms with E-state index in [1.807, 2.05) is 22.6 Å². The van der Waals surface area contributed by atoms with Gasteiger partial charge in [0.25, 0.3) is 0 Å². The first-order valence-electron chi connectivity index (χ1n) is 4.97. The molecule has 4 atom stereocenters. The molecule has 8 heteroatoms. The van der Waals surface area contributed by atoms with E-state index < -0.39 is 30.2 Å². The molecule has 2 rings (SSSR count). The van der Waals surface area contributed by atoms with E-state index >= 15 is 0 Å². The van der Waals surface area contributed by atoms with Gasteiger partial charge in [-0.1, -0.05) is 22.6 Å². The van der Waals surface area contributed by atoms with Gasteiger partial charge in [0, 0.05) is 10.6 Å². The van der Waals surface area contributed by atoms with Gasteiger partial charge in [-0.2, -0.15) is 4.98 Å². The van der Waals surface area contributed by atoms with E-state index in [1.165, 1.54) is 12.3 Å². The monoisotopic (exact) mass is 353 g/mol. The van der Waals surface area contributed by atoms with Crippen LogP contribution in [0.2, 0.25) is 0 Å². The summed E-state index contributed by atoms with van der Waals surface area (Å²) in [6.45, 7) is 0. The molecule has 2 heterocycles. The summed E-state index contributed by atoms with van der Waals surface area (Å²) in [6, 6.07) is 1.43. The number of ether oxygens (including phenoxy) is 1. The van der Waals surface area contributed by atoms with Gasteiger partial charge >= 0.3 is 5.69 Å². The number of aliphatic hydroxyl groups is 2. The van der Waals surface area contributed by atoms with Crippen LogP contribution in [0.4, 0.5) is 5.82 Å². The Kier molecular flexibility index (Phi) is 3.66. The maximum Gasteiger partial charge on any atom is 0.351 e. The molecular formula is C9H12IN3O4. The normalized spacial score (nSPS) is 32.9. The van der Waals surface area contributed by atoms with E-state index in [1.54, 1.807) is 0 Å². The zero-order valence-electron chi connectivity index (χ0n) is 8.73. The van der Waals surface area contributed by atoms with E-state index in [-0.39, 0.29) is 5.82 Å². The third kappa shape index (κ3) is 2.30. The number of nitrogens with zero attached hydrogens (tertiary/aromatic N) is 2. The Morgan fingerprint density at radius 1 is 1.53 bits per heavy atom. The van der Waals surface area contributed by atoms with Crippen LogP contribution in [0, 0.1) is 0 Å². The second-order valence-electron chi connectivity index (χ2n) is 3.74. The average molecular weight is 353 g/mol. The summed E-state index contributed by atoms with van der Waals surface area (Å²) in [4.78, 5) is 15.1. The number of aromatic nitrogens is 2. The van der Waals surface area contributed by atoms with Crippen LogP contribution in [-0.4, -0.2) is 42.5 Å². The molecule has 0 bridgehead atoms. The smallest absolute Gasteiger partial charge is 0.351 e. The predicted molar refractivity (Wildman–Crippen MR) is 67.7 cm³/mol.